The first-order chi connectivity index (χ1) is 7.10. The van der Waals surface area contributed by atoms with E-state index in [0.29, 0.717) is 0 Å². The number of aldehydes is 1. The highest BCUT2D eigenvalue weighted by Gasteiger charge is 2.19. The monoisotopic (exact) mass is 215 g/mol. The van der Waals surface area contributed by atoms with Crippen LogP contribution in [0.5, 0.6) is 0 Å². The molecule has 3 N–H and O–H groups in total. The van der Waals surface area contributed by atoms with Crippen LogP contribution < -0.4 is 0 Å². The average molecular weight is 215 g/mol. The lowest BCUT2D eigenvalue weighted by molar-refractivity contribution is -0.0154. The van der Waals surface area contributed by atoms with Gasteiger partial charge in [0.2, 0.25) is 5.95 Å². The van der Waals surface area contributed by atoms with Gasteiger partial charge in [-0.3, -0.25) is 4.79 Å². The standard InChI is InChI=1S/C9H10FNO4/c10-9-6(3-12)1-5(2-11-9)8(15)7(14)4-13/h1-3,7-8,13-15H,4H2. The molecule has 0 radical (unpaired) electrons. The van der Waals surface area contributed by atoms with E-state index in [9.17, 15) is 14.3 Å². The van der Waals surface area contributed by atoms with Crippen molar-refractivity contribution < 1.29 is 24.5 Å². The first kappa shape index (κ1) is 11.7. The van der Waals surface area contributed by atoms with Crippen molar-refractivity contribution in [2.24, 2.45) is 0 Å². The van der Waals surface area contributed by atoms with Gasteiger partial charge in [-0.25, -0.2) is 4.98 Å². The van der Waals surface area contributed by atoms with Crippen molar-refractivity contribution in [2.45, 2.75) is 12.2 Å². The number of aliphatic hydroxyl groups excluding tert-OH is 3. The zero-order valence-corrected chi connectivity index (χ0v) is 7.67. The van der Waals surface area contributed by atoms with E-state index in [-0.39, 0.29) is 17.4 Å². The maximum Gasteiger partial charge on any atom is 0.223 e. The Morgan fingerprint density at radius 1 is 1.53 bits per heavy atom. The van der Waals surface area contributed by atoms with Gasteiger partial charge >= 0.3 is 0 Å². The molecule has 0 aromatic carbocycles. The highest BCUT2D eigenvalue weighted by molar-refractivity contribution is 5.74. The molecule has 0 spiro atoms. The van der Waals surface area contributed by atoms with Crippen LogP contribution in [-0.2, 0) is 0 Å². The molecule has 0 aliphatic heterocycles. The van der Waals surface area contributed by atoms with Gasteiger partial charge < -0.3 is 15.3 Å². The van der Waals surface area contributed by atoms with E-state index in [1.165, 1.54) is 0 Å². The van der Waals surface area contributed by atoms with Gasteiger partial charge in [-0.05, 0) is 6.07 Å². The van der Waals surface area contributed by atoms with Crippen molar-refractivity contribution in [1.29, 1.82) is 0 Å². The summed E-state index contributed by atoms with van der Waals surface area (Å²) in [6, 6.07) is 1.07. The highest BCUT2D eigenvalue weighted by atomic mass is 19.1. The van der Waals surface area contributed by atoms with Crippen molar-refractivity contribution in [3.05, 3.63) is 29.3 Å². The van der Waals surface area contributed by atoms with Gasteiger partial charge in [0, 0.05) is 11.8 Å². The Morgan fingerprint density at radius 2 is 2.20 bits per heavy atom. The summed E-state index contributed by atoms with van der Waals surface area (Å²) >= 11 is 0. The van der Waals surface area contributed by atoms with Crippen LogP contribution in [0, 0.1) is 5.95 Å². The molecular weight excluding hydrogens is 205 g/mol. The van der Waals surface area contributed by atoms with E-state index in [1.807, 2.05) is 0 Å². The molecule has 0 saturated carbocycles. The average Bonchev–Trinajstić information content (AvgIpc) is 2.27. The second-order valence-electron chi connectivity index (χ2n) is 2.96. The summed E-state index contributed by atoms with van der Waals surface area (Å²) in [5.74, 6) is -0.945. The van der Waals surface area contributed by atoms with Crippen molar-refractivity contribution >= 4 is 6.29 Å². The van der Waals surface area contributed by atoms with Crippen molar-refractivity contribution in [2.75, 3.05) is 6.61 Å². The fourth-order valence-electron chi connectivity index (χ4n) is 1.05. The first-order valence-electron chi connectivity index (χ1n) is 4.17. The minimum Gasteiger partial charge on any atom is -0.394 e. The summed E-state index contributed by atoms with van der Waals surface area (Å²) in [5, 5.41) is 27.1. The number of hydrogen-bond donors (Lipinski definition) is 3. The summed E-state index contributed by atoms with van der Waals surface area (Å²) in [7, 11) is 0. The SMILES string of the molecule is O=Cc1cc(C(O)C(O)CO)cnc1F. The maximum absolute atomic E-state index is 12.8. The van der Waals surface area contributed by atoms with Crippen LogP contribution in [0.3, 0.4) is 0 Å². The summed E-state index contributed by atoms with van der Waals surface area (Å²) in [6.45, 7) is -0.644. The quantitative estimate of drug-likeness (QED) is 0.461. The molecule has 1 heterocycles. The van der Waals surface area contributed by atoms with Gasteiger partial charge in [0.25, 0.3) is 0 Å². The lowest BCUT2D eigenvalue weighted by Crippen LogP contribution is -2.22. The number of aliphatic hydroxyl groups is 3. The maximum atomic E-state index is 12.8. The first-order valence-corrected chi connectivity index (χ1v) is 4.17. The molecule has 1 aromatic rings. The summed E-state index contributed by atoms with van der Waals surface area (Å²) in [6.07, 6.45) is -1.55. The van der Waals surface area contributed by atoms with Crippen molar-refractivity contribution in [3.8, 4) is 0 Å². The second kappa shape index (κ2) is 4.92. The largest absolute Gasteiger partial charge is 0.394 e. The van der Waals surface area contributed by atoms with Crippen LogP contribution in [0.1, 0.15) is 22.0 Å². The third-order valence-corrected chi connectivity index (χ3v) is 1.91. The Balaban J connectivity index is 3.00. The van der Waals surface area contributed by atoms with Crippen molar-refractivity contribution in [1.82, 2.24) is 4.98 Å². The molecule has 5 nitrogen and oxygen atoms in total. The molecule has 15 heavy (non-hydrogen) atoms. The lowest BCUT2D eigenvalue weighted by Gasteiger charge is -2.15. The van der Waals surface area contributed by atoms with Crippen LogP contribution in [0.4, 0.5) is 4.39 Å². The third-order valence-electron chi connectivity index (χ3n) is 1.91. The van der Waals surface area contributed by atoms with Gasteiger partial charge in [0.15, 0.2) is 6.29 Å². The lowest BCUT2D eigenvalue weighted by atomic mass is 10.1. The zero-order chi connectivity index (χ0) is 11.4. The second-order valence-corrected chi connectivity index (χ2v) is 2.96. The van der Waals surface area contributed by atoms with E-state index < -0.39 is 24.8 Å². The number of aromatic nitrogens is 1. The third kappa shape index (κ3) is 2.56. The molecule has 0 fully saturated rings. The molecule has 0 saturated heterocycles. The summed E-state index contributed by atoms with van der Waals surface area (Å²) in [5.41, 5.74) is -0.239. The van der Waals surface area contributed by atoms with Crippen LogP contribution in [0.2, 0.25) is 0 Å². The van der Waals surface area contributed by atoms with E-state index >= 15 is 0 Å². The molecule has 0 aliphatic carbocycles. The van der Waals surface area contributed by atoms with Gasteiger partial charge in [-0.1, -0.05) is 0 Å². The molecule has 0 aliphatic rings. The van der Waals surface area contributed by atoms with Crippen LogP contribution in [0.25, 0.3) is 0 Å². The van der Waals surface area contributed by atoms with Gasteiger partial charge in [0.05, 0.1) is 12.2 Å². The van der Waals surface area contributed by atoms with Crippen LogP contribution in [-0.4, -0.2) is 39.3 Å². The summed E-state index contributed by atoms with van der Waals surface area (Å²) in [4.78, 5) is 13.6. The molecule has 6 heteroatoms. The van der Waals surface area contributed by atoms with E-state index in [2.05, 4.69) is 4.98 Å². The topological polar surface area (TPSA) is 90.7 Å². The van der Waals surface area contributed by atoms with Crippen molar-refractivity contribution in [3.63, 3.8) is 0 Å². The number of rotatable bonds is 4. The Labute approximate surface area is 84.8 Å². The van der Waals surface area contributed by atoms with Gasteiger partial charge in [-0.15, -0.1) is 0 Å². The number of halogens is 1. The van der Waals surface area contributed by atoms with Gasteiger partial charge in [-0.2, -0.15) is 4.39 Å². The number of pyridine rings is 1. The van der Waals surface area contributed by atoms with Gasteiger partial charge in [0.1, 0.15) is 12.2 Å². The minimum absolute atomic E-state index is 0.0695. The smallest absolute Gasteiger partial charge is 0.223 e. The predicted molar refractivity (Wildman–Crippen MR) is 47.6 cm³/mol. The van der Waals surface area contributed by atoms with E-state index in [4.69, 9.17) is 10.2 Å². The molecule has 0 bridgehead atoms. The number of nitrogens with zero attached hydrogens (tertiary/aromatic N) is 1. The van der Waals surface area contributed by atoms with Crippen LogP contribution >= 0.6 is 0 Å². The normalized spacial score (nSPS) is 14.7. The molecule has 2 atom stereocenters. The highest BCUT2D eigenvalue weighted by Crippen LogP contribution is 2.17. The van der Waals surface area contributed by atoms with E-state index in [1.54, 1.807) is 0 Å². The minimum atomic E-state index is -1.40. The molecular formula is C9H10FNO4. The number of carbonyl (C=O) groups excluding carboxylic acids is 1. The number of hydrogen-bond acceptors (Lipinski definition) is 5. The predicted octanol–water partition coefficient (Wildman–Crippen LogP) is -0.580. The Hall–Kier alpha value is -1.37. The fourth-order valence-corrected chi connectivity index (χ4v) is 1.05. The molecule has 82 valence electrons. The molecule has 1 aromatic heterocycles. The molecule has 0 amide bonds. The molecule has 1 rings (SSSR count). The Morgan fingerprint density at radius 3 is 2.73 bits per heavy atom. The van der Waals surface area contributed by atoms with Crippen LogP contribution in [0.15, 0.2) is 12.3 Å². The zero-order valence-electron chi connectivity index (χ0n) is 7.67. The fraction of sp³-hybridized carbons (Fsp3) is 0.333. The summed E-state index contributed by atoms with van der Waals surface area (Å²) < 4.78 is 12.8. The number of carbonyl (C=O) groups is 1. The van der Waals surface area contributed by atoms with E-state index in [0.717, 1.165) is 12.3 Å². The Bertz CT molecular complexity index is 358. The Kier molecular flexibility index (Phi) is 3.84. The molecule has 2 unspecified atom stereocenters.